The molecule has 130 valence electrons. The zero-order chi connectivity index (χ0) is 18.7. The zero-order valence-corrected chi connectivity index (χ0v) is 13.4. The molecule has 0 aromatic heterocycles. The van der Waals surface area contributed by atoms with Gasteiger partial charge in [-0.2, -0.15) is 0 Å². The smallest absolute Gasteiger partial charge is 0.345 e. The number of carbonyl (C=O) groups excluding carboxylic acids is 2. The largest absolute Gasteiger partial charge is 0.450 e. The third kappa shape index (κ3) is 4.16. The molecule has 0 saturated carbocycles. The third-order valence-electron chi connectivity index (χ3n) is 3.23. The molecule has 2 rings (SSSR count). The van der Waals surface area contributed by atoms with E-state index in [1.54, 1.807) is 0 Å². The maximum absolute atomic E-state index is 13.2. The van der Waals surface area contributed by atoms with E-state index in [9.17, 15) is 28.5 Å². The first kappa shape index (κ1) is 18.5. The van der Waals surface area contributed by atoms with Gasteiger partial charge < -0.3 is 4.74 Å². The zero-order valence-electron chi connectivity index (χ0n) is 12.7. The first-order chi connectivity index (χ1) is 11.7. The van der Waals surface area contributed by atoms with Crippen LogP contribution in [0.4, 0.5) is 14.5 Å². The normalized spacial score (nSPS) is 11.7. The van der Waals surface area contributed by atoms with E-state index in [4.69, 9.17) is 16.3 Å². The number of ketones is 1. The van der Waals surface area contributed by atoms with Crippen LogP contribution in [0.5, 0.6) is 0 Å². The van der Waals surface area contributed by atoms with Crippen molar-refractivity contribution >= 4 is 29.0 Å². The number of rotatable bonds is 5. The van der Waals surface area contributed by atoms with Crippen molar-refractivity contribution in [1.29, 1.82) is 0 Å². The lowest BCUT2D eigenvalue weighted by atomic mass is 10.1. The van der Waals surface area contributed by atoms with Crippen molar-refractivity contribution in [3.05, 3.63) is 74.3 Å². The van der Waals surface area contributed by atoms with E-state index in [0.717, 1.165) is 24.3 Å². The fourth-order valence-corrected chi connectivity index (χ4v) is 2.16. The molecule has 0 bridgehead atoms. The summed E-state index contributed by atoms with van der Waals surface area (Å²) in [5.74, 6) is -4.26. The lowest BCUT2D eigenvalue weighted by molar-refractivity contribution is -0.385. The Labute approximate surface area is 145 Å². The Bertz CT molecular complexity index is 872. The van der Waals surface area contributed by atoms with Crippen LogP contribution in [-0.2, 0) is 4.74 Å². The molecular weight excluding hydrogens is 360 g/mol. The predicted molar refractivity (Wildman–Crippen MR) is 83.7 cm³/mol. The Morgan fingerprint density at radius 2 is 1.84 bits per heavy atom. The molecule has 0 unspecified atom stereocenters. The number of hydrogen-bond acceptors (Lipinski definition) is 5. The van der Waals surface area contributed by atoms with Crippen molar-refractivity contribution in [3.8, 4) is 0 Å². The first-order valence-corrected chi connectivity index (χ1v) is 7.22. The number of benzene rings is 2. The number of esters is 1. The van der Waals surface area contributed by atoms with Gasteiger partial charge in [0.1, 0.15) is 5.56 Å². The van der Waals surface area contributed by atoms with Gasteiger partial charge in [0.15, 0.2) is 17.7 Å². The molecule has 2 aromatic carbocycles. The SMILES string of the molecule is C[C@@H](OC(=O)c1ccc(Cl)cc1[N+](=O)[O-])C(=O)c1ccc(F)c(F)c1. The molecule has 0 radical (unpaired) electrons. The molecule has 9 heteroatoms. The summed E-state index contributed by atoms with van der Waals surface area (Å²) < 4.78 is 31.0. The van der Waals surface area contributed by atoms with Gasteiger partial charge in [-0.25, -0.2) is 13.6 Å². The van der Waals surface area contributed by atoms with Gasteiger partial charge in [-0.3, -0.25) is 14.9 Å². The average molecular weight is 370 g/mol. The molecular formula is C16H10ClF2NO5. The van der Waals surface area contributed by atoms with Gasteiger partial charge in [-0.05, 0) is 37.3 Å². The van der Waals surface area contributed by atoms with Crippen LogP contribution in [0.15, 0.2) is 36.4 Å². The highest BCUT2D eigenvalue weighted by molar-refractivity contribution is 6.31. The van der Waals surface area contributed by atoms with Crippen LogP contribution in [-0.4, -0.2) is 22.8 Å². The standard InChI is InChI=1S/C16H10ClF2NO5/c1-8(15(21)9-2-5-12(18)13(19)6-9)25-16(22)11-4-3-10(17)7-14(11)20(23)24/h2-8H,1H3/t8-/m1/s1. The minimum atomic E-state index is -1.37. The molecule has 0 aliphatic heterocycles. The molecule has 0 amide bonds. The van der Waals surface area contributed by atoms with Crippen molar-refractivity contribution in [2.75, 3.05) is 0 Å². The van der Waals surface area contributed by atoms with E-state index < -0.39 is 40.1 Å². The van der Waals surface area contributed by atoms with Gasteiger partial charge >= 0.3 is 5.97 Å². The lowest BCUT2D eigenvalue weighted by Gasteiger charge is -2.12. The van der Waals surface area contributed by atoms with Gasteiger partial charge in [-0.1, -0.05) is 11.6 Å². The van der Waals surface area contributed by atoms with E-state index in [1.165, 1.54) is 13.0 Å². The van der Waals surface area contributed by atoms with E-state index >= 15 is 0 Å². The van der Waals surface area contributed by atoms with Gasteiger partial charge in [0.05, 0.1) is 4.92 Å². The number of carbonyl (C=O) groups is 2. The number of Topliss-reactive ketones (excluding diaryl/α,β-unsaturated/α-hetero) is 1. The molecule has 6 nitrogen and oxygen atoms in total. The minimum absolute atomic E-state index is 0.0502. The van der Waals surface area contributed by atoms with Crippen LogP contribution in [0, 0.1) is 21.7 Å². The van der Waals surface area contributed by atoms with Crippen LogP contribution in [0.3, 0.4) is 0 Å². The third-order valence-corrected chi connectivity index (χ3v) is 3.47. The van der Waals surface area contributed by atoms with Crippen LogP contribution < -0.4 is 0 Å². The molecule has 0 fully saturated rings. The van der Waals surface area contributed by atoms with Crippen LogP contribution in [0.25, 0.3) is 0 Å². The Kier molecular flexibility index (Phi) is 5.43. The number of nitro benzene ring substituents is 1. The number of nitrogens with zero attached hydrogens (tertiary/aromatic N) is 1. The summed E-state index contributed by atoms with van der Waals surface area (Å²) in [4.78, 5) is 34.4. The van der Waals surface area contributed by atoms with Crippen LogP contribution in [0.2, 0.25) is 5.02 Å². The van der Waals surface area contributed by atoms with Crippen molar-refractivity contribution < 1.29 is 28.0 Å². The van der Waals surface area contributed by atoms with Crippen molar-refractivity contribution in [1.82, 2.24) is 0 Å². The number of nitro groups is 1. The summed E-state index contributed by atoms with van der Waals surface area (Å²) in [7, 11) is 0. The number of ether oxygens (including phenoxy) is 1. The number of hydrogen-bond donors (Lipinski definition) is 0. The maximum atomic E-state index is 13.2. The predicted octanol–water partition coefficient (Wildman–Crippen LogP) is 3.95. The molecule has 0 heterocycles. The van der Waals surface area contributed by atoms with Gasteiger partial charge in [0.2, 0.25) is 5.78 Å². The molecule has 1 atom stereocenters. The summed E-state index contributed by atoms with van der Waals surface area (Å²) in [6, 6.07) is 5.80. The maximum Gasteiger partial charge on any atom is 0.345 e. The highest BCUT2D eigenvalue weighted by Gasteiger charge is 2.26. The summed E-state index contributed by atoms with van der Waals surface area (Å²) in [5.41, 5.74) is -1.17. The Hall–Kier alpha value is -2.87. The van der Waals surface area contributed by atoms with Gasteiger partial charge in [0.25, 0.3) is 5.69 Å². The summed E-state index contributed by atoms with van der Waals surface area (Å²) in [6.45, 7) is 1.21. The molecule has 2 aromatic rings. The second-order valence-electron chi connectivity index (χ2n) is 4.96. The van der Waals surface area contributed by atoms with Crippen LogP contribution >= 0.6 is 11.6 Å². The average Bonchev–Trinajstić information content (AvgIpc) is 2.56. The molecule has 25 heavy (non-hydrogen) atoms. The second-order valence-corrected chi connectivity index (χ2v) is 5.40. The quantitative estimate of drug-likeness (QED) is 0.344. The molecule has 0 spiro atoms. The fraction of sp³-hybridized carbons (Fsp3) is 0.125. The topological polar surface area (TPSA) is 86.5 Å². The van der Waals surface area contributed by atoms with Crippen molar-refractivity contribution in [2.24, 2.45) is 0 Å². The molecule has 0 saturated heterocycles. The van der Waals surface area contributed by atoms with Gasteiger partial charge in [-0.15, -0.1) is 0 Å². The number of halogens is 3. The first-order valence-electron chi connectivity index (χ1n) is 6.85. The lowest BCUT2D eigenvalue weighted by Crippen LogP contribution is -2.25. The van der Waals surface area contributed by atoms with Gasteiger partial charge in [0, 0.05) is 16.7 Å². The highest BCUT2D eigenvalue weighted by atomic mass is 35.5. The highest BCUT2D eigenvalue weighted by Crippen LogP contribution is 2.24. The fourth-order valence-electron chi connectivity index (χ4n) is 1.99. The molecule has 0 N–H and O–H groups in total. The summed E-state index contributed by atoms with van der Waals surface area (Å²) >= 11 is 5.65. The Morgan fingerprint density at radius 1 is 1.16 bits per heavy atom. The van der Waals surface area contributed by atoms with E-state index in [0.29, 0.717) is 6.07 Å². The summed E-state index contributed by atoms with van der Waals surface area (Å²) in [6.07, 6.45) is -1.37. The monoisotopic (exact) mass is 369 g/mol. The van der Waals surface area contributed by atoms with E-state index in [2.05, 4.69) is 0 Å². The van der Waals surface area contributed by atoms with Crippen molar-refractivity contribution in [3.63, 3.8) is 0 Å². The Balaban J connectivity index is 2.21. The second kappa shape index (κ2) is 7.35. The minimum Gasteiger partial charge on any atom is -0.450 e. The summed E-state index contributed by atoms with van der Waals surface area (Å²) in [5, 5.41) is 11.0. The molecule has 0 aliphatic rings. The van der Waals surface area contributed by atoms with Crippen molar-refractivity contribution in [2.45, 2.75) is 13.0 Å². The van der Waals surface area contributed by atoms with E-state index in [1.807, 2.05) is 0 Å². The van der Waals surface area contributed by atoms with Crippen LogP contribution in [0.1, 0.15) is 27.6 Å². The molecule has 0 aliphatic carbocycles. The van der Waals surface area contributed by atoms with E-state index in [-0.39, 0.29) is 16.1 Å². The Morgan fingerprint density at radius 3 is 2.44 bits per heavy atom.